The first-order valence-electron chi connectivity index (χ1n) is 9.35. The zero-order valence-electron chi connectivity index (χ0n) is 16.9. The highest BCUT2D eigenvalue weighted by atomic mass is 32.2. The minimum absolute atomic E-state index is 0.0387. The van der Waals surface area contributed by atoms with Crippen LogP contribution in [-0.2, 0) is 31.0 Å². The van der Waals surface area contributed by atoms with Crippen molar-refractivity contribution < 1.29 is 27.5 Å². The Hall–Kier alpha value is -3.47. The molecule has 0 aliphatic carbocycles. The molecule has 2 heterocycles. The quantitative estimate of drug-likeness (QED) is 0.542. The van der Waals surface area contributed by atoms with Crippen molar-refractivity contribution in [1.29, 1.82) is 0 Å². The molecule has 10 nitrogen and oxygen atoms in total. The molecular weight excluding hydrogens is 424 g/mol. The van der Waals surface area contributed by atoms with Gasteiger partial charge in [0.25, 0.3) is 11.8 Å². The van der Waals surface area contributed by atoms with Crippen LogP contribution in [0.2, 0.25) is 0 Å². The second-order valence-corrected chi connectivity index (χ2v) is 8.94. The Bertz CT molecular complexity index is 1120. The van der Waals surface area contributed by atoms with Crippen molar-refractivity contribution >= 4 is 33.3 Å². The number of nitrogens with two attached hydrogens (primary N) is 1. The average molecular weight is 446 g/mol. The molecule has 0 spiro atoms. The summed E-state index contributed by atoms with van der Waals surface area (Å²) in [6.45, 7) is 1.60. The maximum Gasteiger partial charge on any atom is 0.285 e. The van der Waals surface area contributed by atoms with Crippen molar-refractivity contribution in [1.82, 2.24) is 9.71 Å². The summed E-state index contributed by atoms with van der Waals surface area (Å²) in [5.41, 5.74) is 7.21. The molecule has 164 valence electrons. The smallest absolute Gasteiger partial charge is 0.285 e. The van der Waals surface area contributed by atoms with Gasteiger partial charge in [-0.25, -0.2) is 13.4 Å². The maximum absolute atomic E-state index is 12.7. The molecule has 0 saturated heterocycles. The summed E-state index contributed by atoms with van der Waals surface area (Å²) in [6.07, 6.45) is 2.29. The van der Waals surface area contributed by atoms with Crippen molar-refractivity contribution in [2.75, 3.05) is 17.8 Å². The van der Waals surface area contributed by atoms with Crippen LogP contribution in [0.1, 0.15) is 24.0 Å². The monoisotopic (exact) mass is 446 g/mol. The van der Waals surface area contributed by atoms with Crippen LogP contribution in [-0.4, -0.2) is 49.9 Å². The molecule has 1 aliphatic rings. The summed E-state index contributed by atoms with van der Waals surface area (Å²) in [7, 11) is -3.75. The van der Waals surface area contributed by atoms with Crippen LogP contribution >= 0.6 is 0 Å². The maximum atomic E-state index is 12.7. The van der Waals surface area contributed by atoms with Gasteiger partial charge < -0.3 is 15.4 Å². The molecule has 0 saturated carbocycles. The van der Waals surface area contributed by atoms with Gasteiger partial charge in [-0.15, -0.1) is 0 Å². The Kier molecular flexibility index (Phi) is 6.25. The van der Waals surface area contributed by atoms with Gasteiger partial charge in [-0.1, -0.05) is 30.3 Å². The Labute approximate surface area is 179 Å². The van der Waals surface area contributed by atoms with E-state index in [0.717, 1.165) is 11.8 Å². The third-order valence-electron chi connectivity index (χ3n) is 4.89. The van der Waals surface area contributed by atoms with E-state index in [-0.39, 0.29) is 5.88 Å². The normalized spacial score (nSPS) is 17.7. The lowest BCUT2D eigenvalue weighted by Crippen LogP contribution is -2.38. The van der Waals surface area contributed by atoms with Gasteiger partial charge >= 0.3 is 0 Å². The number of rotatable bonds is 8. The molecule has 3 N–H and O–H groups in total. The van der Waals surface area contributed by atoms with Crippen LogP contribution in [0.15, 0.2) is 42.6 Å². The molecule has 1 aromatic heterocycles. The Morgan fingerprint density at radius 2 is 1.87 bits per heavy atom. The zero-order valence-corrected chi connectivity index (χ0v) is 17.8. The number of hydrogen-bond donors (Lipinski definition) is 2. The van der Waals surface area contributed by atoms with Gasteiger partial charge in [0.15, 0.2) is 6.61 Å². The molecule has 11 heteroatoms. The van der Waals surface area contributed by atoms with E-state index < -0.39 is 46.2 Å². The molecule has 2 atom stereocenters. The van der Waals surface area contributed by atoms with Gasteiger partial charge in [0.1, 0.15) is 0 Å². The Balaban J connectivity index is 1.96. The van der Waals surface area contributed by atoms with E-state index in [4.69, 9.17) is 10.5 Å². The lowest BCUT2D eigenvalue weighted by atomic mass is 9.91. The van der Waals surface area contributed by atoms with Crippen LogP contribution in [0.4, 0.5) is 5.69 Å². The number of pyridine rings is 1. The summed E-state index contributed by atoms with van der Waals surface area (Å²) in [5, 5.41) is 0. The molecule has 2 aromatic rings. The molecule has 2 unspecified atom stereocenters. The van der Waals surface area contributed by atoms with E-state index in [1.54, 1.807) is 17.7 Å². The predicted octanol–water partition coefficient (Wildman–Crippen LogP) is 0.0829. The van der Waals surface area contributed by atoms with Crippen LogP contribution in [0.25, 0.3) is 0 Å². The third-order valence-corrected chi connectivity index (χ3v) is 5.48. The van der Waals surface area contributed by atoms with E-state index in [0.29, 0.717) is 17.8 Å². The molecule has 0 fully saturated rings. The first-order valence-corrected chi connectivity index (χ1v) is 11.2. The van der Waals surface area contributed by atoms with E-state index in [1.165, 1.54) is 6.20 Å². The van der Waals surface area contributed by atoms with Gasteiger partial charge in [0, 0.05) is 24.5 Å². The molecule has 3 rings (SSSR count). The molecule has 1 aromatic carbocycles. The van der Waals surface area contributed by atoms with Gasteiger partial charge in [0.2, 0.25) is 21.7 Å². The number of aromatic nitrogens is 1. The lowest BCUT2D eigenvalue weighted by molar-refractivity contribution is -0.137. The summed E-state index contributed by atoms with van der Waals surface area (Å²) in [5.74, 6) is -3.77. The van der Waals surface area contributed by atoms with Crippen LogP contribution in [0.5, 0.6) is 5.88 Å². The standard InChI is InChI=1S/C20H22N4O6S/c1-12-16(18(26)19(21)27)17-14(24(12)10-13-6-4-3-5-7-13)8-9-22-20(17)30-11-15(25)23-31(2,28)29/h3-9,12,16H,10-11H2,1-2H3,(H2,21,27)(H,23,25). The van der Waals surface area contributed by atoms with E-state index >= 15 is 0 Å². The molecular formula is C20H22N4O6S. The summed E-state index contributed by atoms with van der Waals surface area (Å²) in [6, 6.07) is 10.8. The number of benzene rings is 1. The lowest BCUT2D eigenvalue weighted by Gasteiger charge is -2.26. The third kappa shape index (κ3) is 5.00. The Morgan fingerprint density at radius 3 is 2.48 bits per heavy atom. The SMILES string of the molecule is CC1C(C(=O)C(N)=O)c2c(ccnc2OCC(=O)NS(C)(=O)=O)N1Cc1ccccc1. The largest absolute Gasteiger partial charge is 0.467 e. The number of anilines is 1. The van der Waals surface area contributed by atoms with E-state index in [2.05, 4.69) is 4.98 Å². The number of hydrogen-bond acceptors (Lipinski definition) is 8. The second kappa shape index (κ2) is 8.72. The number of ether oxygens (including phenoxy) is 1. The Morgan fingerprint density at radius 1 is 1.19 bits per heavy atom. The number of primary amides is 1. The number of nitrogens with one attached hydrogen (secondary N) is 1. The fourth-order valence-corrected chi connectivity index (χ4v) is 4.10. The van der Waals surface area contributed by atoms with Crippen molar-refractivity contribution in [3.05, 3.63) is 53.7 Å². The average Bonchev–Trinajstić information content (AvgIpc) is 2.97. The number of carbonyl (C=O) groups is 3. The fourth-order valence-electron chi connectivity index (χ4n) is 3.63. The van der Waals surface area contributed by atoms with Crippen molar-refractivity contribution in [3.63, 3.8) is 0 Å². The molecule has 1 aliphatic heterocycles. The predicted molar refractivity (Wildman–Crippen MR) is 112 cm³/mol. The zero-order chi connectivity index (χ0) is 22.8. The van der Waals surface area contributed by atoms with Crippen LogP contribution < -0.4 is 20.1 Å². The molecule has 0 radical (unpaired) electrons. The van der Waals surface area contributed by atoms with Crippen molar-refractivity contribution in [2.45, 2.75) is 25.4 Å². The number of fused-ring (bicyclic) bond motifs is 1. The van der Waals surface area contributed by atoms with Gasteiger partial charge in [-0.2, -0.15) is 0 Å². The van der Waals surface area contributed by atoms with Gasteiger partial charge in [0.05, 0.1) is 17.7 Å². The number of ketones is 1. The second-order valence-electron chi connectivity index (χ2n) is 7.20. The minimum atomic E-state index is -3.75. The molecule has 2 amide bonds. The number of Topliss-reactive ketones (excluding diaryl/α,β-unsaturated/α-hetero) is 1. The van der Waals surface area contributed by atoms with Crippen molar-refractivity contribution in [3.8, 4) is 5.88 Å². The minimum Gasteiger partial charge on any atom is -0.467 e. The van der Waals surface area contributed by atoms with Crippen LogP contribution in [0, 0.1) is 0 Å². The van der Waals surface area contributed by atoms with Gasteiger partial charge in [-0.05, 0) is 18.6 Å². The number of nitrogens with zero attached hydrogens (tertiary/aromatic N) is 2. The highest BCUT2D eigenvalue weighted by Crippen LogP contribution is 2.46. The molecule has 0 bridgehead atoms. The number of amides is 2. The highest BCUT2D eigenvalue weighted by molar-refractivity contribution is 7.89. The fraction of sp³-hybridized carbons (Fsp3) is 0.300. The number of sulfonamides is 1. The van der Waals surface area contributed by atoms with Crippen molar-refractivity contribution in [2.24, 2.45) is 5.73 Å². The summed E-state index contributed by atoms with van der Waals surface area (Å²) < 4.78 is 29.7. The summed E-state index contributed by atoms with van der Waals surface area (Å²) in [4.78, 5) is 42.2. The number of carbonyl (C=O) groups excluding carboxylic acids is 3. The summed E-state index contributed by atoms with van der Waals surface area (Å²) >= 11 is 0. The van der Waals surface area contributed by atoms with E-state index in [9.17, 15) is 22.8 Å². The van der Waals surface area contributed by atoms with Crippen LogP contribution in [0.3, 0.4) is 0 Å². The topological polar surface area (TPSA) is 149 Å². The molecule has 31 heavy (non-hydrogen) atoms. The highest BCUT2D eigenvalue weighted by Gasteiger charge is 2.44. The van der Waals surface area contributed by atoms with E-state index in [1.807, 2.05) is 35.2 Å². The first-order chi connectivity index (χ1) is 14.6. The van der Waals surface area contributed by atoms with Gasteiger partial charge in [-0.3, -0.25) is 19.1 Å². The first kappa shape index (κ1) is 22.2.